The van der Waals surface area contributed by atoms with E-state index in [-0.39, 0.29) is 0 Å². The van der Waals surface area contributed by atoms with Crippen molar-refractivity contribution >= 4 is 29.5 Å². The van der Waals surface area contributed by atoms with E-state index < -0.39 is 0 Å². The summed E-state index contributed by atoms with van der Waals surface area (Å²) in [6, 6.07) is 17.4. The van der Waals surface area contributed by atoms with Crippen molar-refractivity contribution in [3.05, 3.63) is 106 Å². The van der Waals surface area contributed by atoms with Gasteiger partial charge in [0.25, 0.3) is 0 Å². The van der Waals surface area contributed by atoms with E-state index in [1.807, 2.05) is 6.08 Å². The minimum absolute atomic E-state index is 0.713. The van der Waals surface area contributed by atoms with Gasteiger partial charge in [-0.25, -0.2) is 9.48 Å². The van der Waals surface area contributed by atoms with Gasteiger partial charge in [0.15, 0.2) is 0 Å². The fraction of sp³-hybridized carbons (Fsp3) is 0.258. The van der Waals surface area contributed by atoms with Gasteiger partial charge in [0, 0.05) is 12.7 Å². The Morgan fingerprint density at radius 3 is 2.17 bits per heavy atom. The van der Waals surface area contributed by atoms with E-state index >= 15 is 0 Å². The molecule has 0 amide bonds. The number of nitrogens with zero attached hydrogens (tertiary/aromatic N) is 2. The summed E-state index contributed by atoms with van der Waals surface area (Å²) in [5, 5.41) is 3.51. The van der Waals surface area contributed by atoms with Gasteiger partial charge in [0.1, 0.15) is 24.5 Å². The van der Waals surface area contributed by atoms with Crippen LogP contribution in [0.15, 0.2) is 61.3 Å². The van der Waals surface area contributed by atoms with Crippen molar-refractivity contribution in [1.29, 1.82) is 0 Å². The van der Waals surface area contributed by atoms with Crippen LogP contribution in [-0.4, -0.2) is 24.0 Å². The molecular formula is C31H37N4+. The molecule has 1 aliphatic rings. The third-order valence-electron chi connectivity index (χ3n) is 6.74. The van der Waals surface area contributed by atoms with Gasteiger partial charge in [0.05, 0.1) is 5.70 Å². The molecule has 0 saturated carbocycles. The van der Waals surface area contributed by atoms with Crippen molar-refractivity contribution in [1.82, 2.24) is 5.32 Å². The first kappa shape index (κ1) is 24.3. The molecule has 3 aromatic rings. The van der Waals surface area contributed by atoms with Crippen molar-refractivity contribution in [2.45, 2.75) is 41.2 Å². The largest absolute Gasteiger partial charge is 0.403 e. The molecule has 3 aromatic carbocycles. The second-order valence-electron chi connectivity index (χ2n) is 9.59. The van der Waals surface area contributed by atoms with Crippen LogP contribution in [0.4, 0.5) is 11.4 Å². The maximum absolute atomic E-state index is 6.04. The summed E-state index contributed by atoms with van der Waals surface area (Å²) in [5.41, 5.74) is 19.5. The van der Waals surface area contributed by atoms with Gasteiger partial charge < -0.3 is 11.1 Å². The highest BCUT2D eigenvalue weighted by atomic mass is 15.3. The first-order chi connectivity index (χ1) is 16.8. The van der Waals surface area contributed by atoms with Gasteiger partial charge in [-0.05, 0) is 85.7 Å². The van der Waals surface area contributed by atoms with Gasteiger partial charge in [-0.1, -0.05) is 54.6 Å². The summed E-state index contributed by atoms with van der Waals surface area (Å²) in [5.74, 6) is 0. The molecule has 180 valence electrons. The van der Waals surface area contributed by atoms with Crippen LogP contribution in [0, 0.1) is 34.6 Å². The van der Waals surface area contributed by atoms with Crippen LogP contribution in [0.5, 0.6) is 0 Å². The van der Waals surface area contributed by atoms with Crippen molar-refractivity contribution in [2.75, 3.05) is 18.0 Å². The summed E-state index contributed by atoms with van der Waals surface area (Å²) in [6.45, 7) is 17.4. The lowest BCUT2D eigenvalue weighted by Gasteiger charge is -2.17. The van der Waals surface area contributed by atoms with Crippen LogP contribution in [0.2, 0.25) is 0 Å². The first-order valence-corrected chi connectivity index (χ1v) is 12.3. The second kappa shape index (κ2) is 10.2. The molecule has 0 atom stereocenters. The minimum Gasteiger partial charge on any atom is -0.403 e. The van der Waals surface area contributed by atoms with Gasteiger partial charge in [-0.15, -0.1) is 0 Å². The fourth-order valence-electron chi connectivity index (χ4n) is 5.25. The van der Waals surface area contributed by atoms with Crippen LogP contribution >= 0.6 is 0 Å². The van der Waals surface area contributed by atoms with E-state index in [9.17, 15) is 0 Å². The minimum atomic E-state index is 0.713. The molecule has 0 bridgehead atoms. The lowest BCUT2D eigenvalue weighted by atomic mass is 10.0. The standard InChI is InChI=1S/C31H37N4/c1-7-26-8-10-27(11-9-26)19-33-29(18-32)28-16-24(5)31(25(6)17-28)35-13-12-34(20-35)30-22(3)14-21(2)15-23(30)4/h7-11,14-18,20,33H,1,12-13,19,32H2,2-6H3/q+1. The van der Waals surface area contributed by atoms with Gasteiger partial charge in [-0.2, -0.15) is 0 Å². The average molecular weight is 466 g/mol. The predicted molar refractivity (Wildman–Crippen MR) is 150 cm³/mol. The van der Waals surface area contributed by atoms with E-state index in [4.69, 9.17) is 5.73 Å². The number of hydrogen-bond donors (Lipinski definition) is 2. The Hall–Kier alpha value is -3.79. The zero-order valence-corrected chi connectivity index (χ0v) is 21.7. The van der Waals surface area contributed by atoms with E-state index in [0.717, 1.165) is 29.9 Å². The van der Waals surface area contributed by atoms with Crippen LogP contribution in [0.25, 0.3) is 11.8 Å². The molecule has 35 heavy (non-hydrogen) atoms. The van der Waals surface area contributed by atoms with Crippen LogP contribution in [0.3, 0.4) is 0 Å². The molecule has 0 unspecified atom stereocenters. The van der Waals surface area contributed by atoms with E-state index in [2.05, 4.69) is 111 Å². The SMILES string of the molecule is C=Cc1ccc(CNC(=CN)c2cc(C)c(N3C=[N+](c4c(C)cc(C)cc4C)CC3)c(C)c2)cc1. The molecule has 1 heterocycles. The summed E-state index contributed by atoms with van der Waals surface area (Å²) in [4.78, 5) is 2.38. The van der Waals surface area contributed by atoms with E-state index in [1.165, 1.54) is 44.8 Å². The lowest BCUT2D eigenvalue weighted by Crippen LogP contribution is -2.21. The molecule has 0 aromatic heterocycles. The number of anilines is 1. The Labute approximate surface area is 210 Å². The molecular weight excluding hydrogens is 428 g/mol. The topological polar surface area (TPSA) is 44.3 Å². The quantitative estimate of drug-likeness (QED) is 0.414. The Morgan fingerprint density at radius 1 is 0.971 bits per heavy atom. The smallest absolute Gasteiger partial charge is 0.244 e. The van der Waals surface area contributed by atoms with E-state index in [0.29, 0.717) is 6.54 Å². The Kier molecular flexibility index (Phi) is 7.11. The van der Waals surface area contributed by atoms with Crippen LogP contribution in [0.1, 0.15) is 44.5 Å². The Balaban J connectivity index is 1.56. The number of rotatable bonds is 7. The fourth-order valence-corrected chi connectivity index (χ4v) is 5.25. The number of benzene rings is 3. The highest BCUT2D eigenvalue weighted by molar-refractivity contribution is 5.83. The zero-order valence-electron chi connectivity index (χ0n) is 21.7. The van der Waals surface area contributed by atoms with Crippen molar-refractivity contribution in [2.24, 2.45) is 5.73 Å². The highest BCUT2D eigenvalue weighted by Gasteiger charge is 2.27. The number of nitrogens with two attached hydrogens (primary N) is 1. The zero-order chi connectivity index (χ0) is 25.1. The third-order valence-corrected chi connectivity index (χ3v) is 6.74. The van der Waals surface area contributed by atoms with Gasteiger partial charge in [0.2, 0.25) is 6.34 Å². The van der Waals surface area contributed by atoms with Gasteiger partial charge >= 0.3 is 0 Å². The summed E-state index contributed by atoms with van der Waals surface area (Å²) >= 11 is 0. The molecule has 4 rings (SSSR count). The summed E-state index contributed by atoms with van der Waals surface area (Å²) < 4.78 is 2.39. The molecule has 4 nitrogen and oxygen atoms in total. The van der Waals surface area contributed by atoms with E-state index in [1.54, 1.807) is 6.20 Å². The first-order valence-electron chi connectivity index (χ1n) is 12.3. The predicted octanol–water partition coefficient (Wildman–Crippen LogP) is 6.11. The second-order valence-corrected chi connectivity index (χ2v) is 9.59. The number of nitrogens with one attached hydrogen (secondary N) is 1. The van der Waals surface area contributed by atoms with Crippen LogP contribution in [-0.2, 0) is 6.54 Å². The molecule has 1 aliphatic heterocycles. The van der Waals surface area contributed by atoms with Crippen LogP contribution < -0.4 is 16.0 Å². The maximum Gasteiger partial charge on any atom is 0.244 e. The third kappa shape index (κ3) is 5.17. The average Bonchev–Trinajstić information content (AvgIpc) is 3.27. The highest BCUT2D eigenvalue weighted by Crippen LogP contribution is 2.31. The molecule has 0 aliphatic carbocycles. The normalized spacial score (nSPS) is 13.7. The molecule has 0 saturated heterocycles. The number of hydrogen-bond acceptors (Lipinski definition) is 3. The lowest BCUT2D eigenvalue weighted by molar-refractivity contribution is -0.425. The monoisotopic (exact) mass is 465 g/mol. The molecule has 0 radical (unpaired) electrons. The summed E-state index contributed by atoms with van der Waals surface area (Å²) in [7, 11) is 0. The maximum atomic E-state index is 6.04. The molecule has 4 heteroatoms. The Bertz CT molecular complexity index is 1270. The Morgan fingerprint density at radius 2 is 1.60 bits per heavy atom. The molecule has 0 spiro atoms. The van der Waals surface area contributed by atoms with Crippen molar-refractivity contribution in [3.8, 4) is 0 Å². The van der Waals surface area contributed by atoms with Crippen molar-refractivity contribution in [3.63, 3.8) is 0 Å². The molecule has 0 fully saturated rings. The number of aryl methyl sites for hydroxylation is 5. The van der Waals surface area contributed by atoms with Gasteiger partial charge in [-0.3, -0.25) is 0 Å². The molecule has 3 N–H and O–H groups in total. The van der Waals surface area contributed by atoms with Crippen molar-refractivity contribution < 1.29 is 4.58 Å². The summed E-state index contributed by atoms with van der Waals surface area (Å²) in [6.07, 6.45) is 5.79.